The Morgan fingerprint density at radius 1 is 0.867 bits per heavy atom. The van der Waals surface area contributed by atoms with Gasteiger partial charge in [-0.25, -0.2) is 0 Å². The maximum Gasteiger partial charge on any atom is 0.273 e. The lowest BCUT2D eigenvalue weighted by Gasteiger charge is -2.12. The van der Waals surface area contributed by atoms with Crippen molar-refractivity contribution in [3.05, 3.63) is 52.5 Å². The number of halogens is 1. The topological polar surface area (TPSA) is 106 Å². The van der Waals surface area contributed by atoms with Gasteiger partial charge in [0.05, 0.1) is 18.8 Å². The molecule has 3 N–H and O–H groups in total. The molecule has 0 aliphatic rings. The van der Waals surface area contributed by atoms with Crippen molar-refractivity contribution in [1.82, 2.24) is 10.9 Å². The summed E-state index contributed by atoms with van der Waals surface area (Å²) in [6, 6.07) is 11.9. The van der Waals surface area contributed by atoms with Crippen molar-refractivity contribution in [1.29, 1.82) is 0 Å². The molecule has 3 amide bonds. The summed E-state index contributed by atoms with van der Waals surface area (Å²) in [4.78, 5) is 36.3. The summed E-state index contributed by atoms with van der Waals surface area (Å²) in [5.41, 5.74) is 5.52. The minimum atomic E-state index is -0.521. The standard InChI is InChI=1S/C21H24BrN3O5/c1-3-29-16-8-6-15(7-9-16)23-19(26)11-12-20(27)24-25-21(28)17-13-14(22)5-10-18(17)30-4-2/h5-10,13H,3-4,11-12H2,1-2H3,(H,23,26)(H,24,27)(H,25,28). The summed E-state index contributed by atoms with van der Waals surface area (Å²) in [5, 5.41) is 2.70. The van der Waals surface area contributed by atoms with E-state index in [0.29, 0.717) is 34.9 Å². The van der Waals surface area contributed by atoms with Gasteiger partial charge in [0.1, 0.15) is 11.5 Å². The summed E-state index contributed by atoms with van der Waals surface area (Å²) in [7, 11) is 0. The zero-order chi connectivity index (χ0) is 21.9. The Labute approximate surface area is 183 Å². The lowest BCUT2D eigenvalue weighted by molar-refractivity contribution is -0.124. The van der Waals surface area contributed by atoms with Crippen LogP contribution >= 0.6 is 15.9 Å². The normalized spacial score (nSPS) is 10.1. The van der Waals surface area contributed by atoms with Gasteiger partial charge < -0.3 is 14.8 Å². The van der Waals surface area contributed by atoms with Crippen LogP contribution in [0, 0.1) is 0 Å². The molecule has 0 saturated carbocycles. The molecule has 2 rings (SSSR count). The number of nitrogens with one attached hydrogen (secondary N) is 3. The third-order valence-corrected chi connectivity index (χ3v) is 4.32. The zero-order valence-corrected chi connectivity index (χ0v) is 18.4. The van der Waals surface area contributed by atoms with E-state index in [1.807, 2.05) is 13.8 Å². The molecule has 0 atom stereocenters. The van der Waals surface area contributed by atoms with Gasteiger partial charge in [-0.05, 0) is 56.3 Å². The van der Waals surface area contributed by atoms with Gasteiger partial charge in [0.25, 0.3) is 5.91 Å². The van der Waals surface area contributed by atoms with Gasteiger partial charge in [0, 0.05) is 23.0 Å². The molecule has 30 heavy (non-hydrogen) atoms. The van der Waals surface area contributed by atoms with Gasteiger partial charge in [-0.2, -0.15) is 0 Å². The number of rotatable bonds is 9. The molecule has 0 spiro atoms. The number of amides is 3. The van der Waals surface area contributed by atoms with Crippen LogP contribution in [0.15, 0.2) is 46.9 Å². The van der Waals surface area contributed by atoms with Gasteiger partial charge in [-0.1, -0.05) is 15.9 Å². The van der Waals surface area contributed by atoms with E-state index in [0.717, 1.165) is 0 Å². The zero-order valence-electron chi connectivity index (χ0n) is 16.8. The summed E-state index contributed by atoms with van der Waals surface area (Å²) >= 11 is 3.30. The number of benzene rings is 2. The quantitative estimate of drug-likeness (QED) is 0.479. The SMILES string of the molecule is CCOc1ccc(NC(=O)CCC(=O)NNC(=O)c2cc(Br)ccc2OCC)cc1. The first kappa shape index (κ1) is 23.2. The maximum absolute atomic E-state index is 12.3. The van der Waals surface area contributed by atoms with E-state index in [4.69, 9.17) is 9.47 Å². The Bertz CT molecular complexity index is 887. The molecule has 0 bridgehead atoms. The Morgan fingerprint density at radius 3 is 2.20 bits per heavy atom. The molecule has 160 valence electrons. The first-order chi connectivity index (χ1) is 14.4. The van der Waals surface area contributed by atoms with E-state index in [1.165, 1.54) is 0 Å². The van der Waals surface area contributed by atoms with Crippen LogP contribution < -0.4 is 25.6 Å². The van der Waals surface area contributed by atoms with Crippen LogP contribution in [0.5, 0.6) is 11.5 Å². The molecular formula is C21H24BrN3O5. The highest BCUT2D eigenvalue weighted by molar-refractivity contribution is 9.10. The van der Waals surface area contributed by atoms with Crippen LogP contribution in [0.3, 0.4) is 0 Å². The summed E-state index contributed by atoms with van der Waals surface area (Å²) in [6.07, 6.45) is -0.115. The average molecular weight is 478 g/mol. The molecule has 8 nitrogen and oxygen atoms in total. The van der Waals surface area contributed by atoms with Crippen LogP contribution in [0.25, 0.3) is 0 Å². The van der Waals surface area contributed by atoms with E-state index in [2.05, 4.69) is 32.1 Å². The van der Waals surface area contributed by atoms with Crippen molar-refractivity contribution in [3.8, 4) is 11.5 Å². The second kappa shape index (κ2) is 11.8. The molecule has 0 saturated heterocycles. The van der Waals surface area contributed by atoms with Crippen LogP contribution in [0.2, 0.25) is 0 Å². The molecule has 0 heterocycles. The van der Waals surface area contributed by atoms with Gasteiger partial charge in [-0.15, -0.1) is 0 Å². The third-order valence-electron chi connectivity index (χ3n) is 3.83. The molecule has 0 fully saturated rings. The van der Waals surface area contributed by atoms with Crippen molar-refractivity contribution < 1.29 is 23.9 Å². The van der Waals surface area contributed by atoms with E-state index in [1.54, 1.807) is 42.5 Å². The lowest BCUT2D eigenvalue weighted by Crippen LogP contribution is -2.42. The predicted octanol–water partition coefficient (Wildman–Crippen LogP) is 3.43. The monoisotopic (exact) mass is 477 g/mol. The number of hydrogen-bond donors (Lipinski definition) is 3. The Hall–Kier alpha value is -3.07. The molecule has 0 aromatic heterocycles. The molecule has 2 aromatic carbocycles. The number of anilines is 1. The first-order valence-electron chi connectivity index (χ1n) is 9.47. The molecule has 0 aliphatic heterocycles. The fourth-order valence-corrected chi connectivity index (χ4v) is 2.83. The van der Waals surface area contributed by atoms with Crippen molar-refractivity contribution in [2.45, 2.75) is 26.7 Å². The van der Waals surface area contributed by atoms with Crippen molar-refractivity contribution >= 4 is 39.3 Å². The number of hydrogen-bond acceptors (Lipinski definition) is 5. The number of hydrazine groups is 1. The van der Waals surface area contributed by atoms with Crippen molar-refractivity contribution in [2.75, 3.05) is 18.5 Å². The van der Waals surface area contributed by atoms with Gasteiger partial charge in [0.15, 0.2) is 0 Å². The molecule has 0 aliphatic carbocycles. The smallest absolute Gasteiger partial charge is 0.273 e. The molecule has 2 aromatic rings. The van der Waals surface area contributed by atoms with Crippen LogP contribution in [-0.4, -0.2) is 30.9 Å². The lowest BCUT2D eigenvalue weighted by atomic mass is 10.2. The van der Waals surface area contributed by atoms with Gasteiger partial charge in [0.2, 0.25) is 11.8 Å². The van der Waals surface area contributed by atoms with Gasteiger partial charge in [-0.3, -0.25) is 25.2 Å². The highest BCUT2D eigenvalue weighted by Gasteiger charge is 2.14. The second-order valence-corrected chi connectivity index (χ2v) is 7.00. The van der Waals surface area contributed by atoms with Crippen LogP contribution in [0.4, 0.5) is 5.69 Å². The molecule has 0 radical (unpaired) electrons. The third kappa shape index (κ3) is 7.40. The summed E-state index contributed by atoms with van der Waals surface area (Å²) in [6.45, 7) is 4.66. The summed E-state index contributed by atoms with van der Waals surface area (Å²) < 4.78 is 11.5. The molecule has 9 heteroatoms. The van der Waals surface area contributed by atoms with Crippen LogP contribution in [-0.2, 0) is 9.59 Å². The minimum absolute atomic E-state index is 0.0317. The van der Waals surface area contributed by atoms with Crippen molar-refractivity contribution in [2.24, 2.45) is 0 Å². The second-order valence-electron chi connectivity index (χ2n) is 6.08. The Kier molecular flexibility index (Phi) is 9.14. The van der Waals surface area contributed by atoms with Gasteiger partial charge >= 0.3 is 0 Å². The Morgan fingerprint density at radius 2 is 1.53 bits per heavy atom. The van der Waals surface area contributed by atoms with E-state index in [-0.39, 0.29) is 24.3 Å². The van der Waals surface area contributed by atoms with Crippen LogP contribution in [0.1, 0.15) is 37.0 Å². The number of ether oxygens (including phenoxy) is 2. The summed E-state index contributed by atoms with van der Waals surface area (Å²) in [5.74, 6) is -0.206. The fourth-order valence-electron chi connectivity index (χ4n) is 2.47. The largest absolute Gasteiger partial charge is 0.494 e. The maximum atomic E-state index is 12.3. The Balaban J connectivity index is 1.78. The molecule has 0 unspecified atom stereocenters. The van der Waals surface area contributed by atoms with Crippen molar-refractivity contribution in [3.63, 3.8) is 0 Å². The number of carbonyl (C=O) groups excluding carboxylic acids is 3. The van der Waals surface area contributed by atoms with E-state index in [9.17, 15) is 14.4 Å². The minimum Gasteiger partial charge on any atom is -0.494 e. The predicted molar refractivity (Wildman–Crippen MR) is 116 cm³/mol. The number of carbonyl (C=O) groups is 3. The fraction of sp³-hybridized carbons (Fsp3) is 0.286. The van der Waals surface area contributed by atoms with E-state index >= 15 is 0 Å². The highest BCUT2D eigenvalue weighted by atomic mass is 79.9. The first-order valence-corrected chi connectivity index (χ1v) is 10.3. The highest BCUT2D eigenvalue weighted by Crippen LogP contribution is 2.23. The molecular weight excluding hydrogens is 454 g/mol. The average Bonchev–Trinajstić information content (AvgIpc) is 2.73. The van der Waals surface area contributed by atoms with E-state index < -0.39 is 11.8 Å².